The molecule has 3 nitrogen and oxygen atoms in total. The lowest BCUT2D eigenvalue weighted by atomic mass is 10.1. The van der Waals surface area contributed by atoms with Crippen molar-refractivity contribution in [1.82, 2.24) is 0 Å². The van der Waals surface area contributed by atoms with Gasteiger partial charge in [0, 0.05) is 0 Å². The smallest absolute Gasteiger partial charge is 0.181 e. The van der Waals surface area contributed by atoms with Gasteiger partial charge in [0.25, 0.3) is 0 Å². The van der Waals surface area contributed by atoms with E-state index in [-0.39, 0.29) is 10.8 Å². The molecule has 3 atom stereocenters. The molecule has 2 rings (SSSR count). The van der Waals surface area contributed by atoms with Crippen molar-refractivity contribution in [2.45, 2.75) is 36.0 Å². The molecule has 1 aliphatic carbocycles. The number of halogens is 1. The summed E-state index contributed by atoms with van der Waals surface area (Å²) in [5.41, 5.74) is 0. The van der Waals surface area contributed by atoms with Crippen LogP contribution in [0.3, 0.4) is 0 Å². The predicted octanol–water partition coefficient (Wildman–Crippen LogP) is 1.76. The van der Waals surface area contributed by atoms with Crippen molar-refractivity contribution in [2.24, 2.45) is 5.92 Å². The number of aliphatic hydroxyl groups excluding tert-OH is 1. The molecule has 1 aromatic carbocycles. The highest BCUT2D eigenvalue weighted by molar-refractivity contribution is 7.92. The van der Waals surface area contributed by atoms with E-state index in [2.05, 4.69) is 0 Å². The third kappa shape index (κ3) is 2.21. The molecule has 1 N–H and O–H groups in total. The van der Waals surface area contributed by atoms with Gasteiger partial charge < -0.3 is 5.11 Å². The van der Waals surface area contributed by atoms with Gasteiger partial charge in [-0.15, -0.1) is 0 Å². The molecule has 1 fully saturated rings. The first-order chi connectivity index (χ1) is 7.93. The van der Waals surface area contributed by atoms with E-state index in [9.17, 15) is 17.9 Å². The Morgan fingerprint density at radius 1 is 1.35 bits per heavy atom. The molecule has 0 aliphatic heterocycles. The molecule has 0 bridgehead atoms. The van der Waals surface area contributed by atoms with E-state index in [4.69, 9.17) is 0 Å². The molecule has 3 unspecified atom stereocenters. The monoisotopic (exact) mass is 258 g/mol. The van der Waals surface area contributed by atoms with E-state index in [1.54, 1.807) is 6.92 Å². The van der Waals surface area contributed by atoms with E-state index in [1.807, 2.05) is 0 Å². The lowest BCUT2D eigenvalue weighted by Gasteiger charge is -2.18. The Morgan fingerprint density at radius 3 is 2.59 bits per heavy atom. The number of aliphatic hydroxyl groups is 1. The Kier molecular flexibility index (Phi) is 3.23. The number of benzene rings is 1. The molecule has 94 valence electrons. The molecule has 0 spiro atoms. The topological polar surface area (TPSA) is 54.4 Å². The number of hydrogen-bond donors (Lipinski definition) is 1. The maximum Gasteiger partial charge on any atom is 0.181 e. The van der Waals surface area contributed by atoms with Crippen LogP contribution in [0.1, 0.15) is 19.8 Å². The summed E-state index contributed by atoms with van der Waals surface area (Å²) in [5, 5.41) is 8.98. The van der Waals surface area contributed by atoms with Crippen LogP contribution in [0.2, 0.25) is 0 Å². The van der Waals surface area contributed by atoms with Gasteiger partial charge in [0.2, 0.25) is 0 Å². The van der Waals surface area contributed by atoms with Gasteiger partial charge in [-0.2, -0.15) is 0 Å². The zero-order valence-electron chi connectivity index (χ0n) is 9.51. The summed E-state index contributed by atoms with van der Waals surface area (Å²) in [6.45, 7) is 1.72. The van der Waals surface area contributed by atoms with Gasteiger partial charge in [-0.3, -0.25) is 0 Å². The van der Waals surface area contributed by atoms with Gasteiger partial charge in [0.15, 0.2) is 9.84 Å². The molecular formula is C12H15FO3S. The Bertz CT molecular complexity index is 512. The summed E-state index contributed by atoms with van der Waals surface area (Å²) in [4.78, 5) is 0.00319. The summed E-state index contributed by atoms with van der Waals surface area (Å²) in [7, 11) is -3.54. The zero-order chi connectivity index (χ0) is 12.6. The molecule has 0 aromatic heterocycles. The van der Waals surface area contributed by atoms with Gasteiger partial charge >= 0.3 is 0 Å². The van der Waals surface area contributed by atoms with Crippen LogP contribution in [0.4, 0.5) is 4.39 Å². The largest absolute Gasteiger partial charge is 0.393 e. The van der Waals surface area contributed by atoms with Crippen molar-refractivity contribution < 1.29 is 17.9 Å². The van der Waals surface area contributed by atoms with Gasteiger partial charge in [0.1, 0.15) is 5.82 Å². The highest BCUT2D eigenvalue weighted by atomic mass is 32.2. The SMILES string of the molecule is CC1C(O)CCC1S(=O)(=O)c1cccc(F)c1. The Balaban J connectivity index is 2.37. The second-order valence-corrected chi connectivity index (χ2v) is 6.71. The average molecular weight is 258 g/mol. The molecule has 1 aliphatic rings. The second-order valence-electron chi connectivity index (χ2n) is 4.54. The fourth-order valence-corrected chi connectivity index (χ4v) is 4.45. The van der Waals surface area contributed by atoms with Crippen molar-refractivity contribution in [3.63, 3.8) is 0 Å². The first-order valence-electron chi connectivity index (χ1n) is 5.60. The van der Waals surface area contributed by atoms with Crippen LogP contribution in [0.15, 0.2) is 29.2 Å². The molecule has 0 heterocycles. The fraction of sp³-hybridized carbons (Fsp3) is 0.500. The Labute approximate surface area is 100 Å². The van der Waals surface area contributed by atoms with E-state index in [0.29, 0.717) is 12.8 Å². The van der Waals surface area contributed by atoms with E-state index in [1.165, 1.54) is 18.2 Å². The normalized spacial score (nSPS) is 29.5. The van der Waals surface area contributed by atoms with Gasteiger partial charge in [-0.25, -0.2) is 12.8 Å². The van der Waals surface area contributed by atoms with E-state index < -0.39 is 27.0 Å². The van der Waals surface area contributed by atoms with Crippen molar-refractivity contribution in [1.29, 1.82) is 0 Å². The molecule has 0 amide bonds. The van der Waals surface area contributed by atoms with Crippen molar-refractivity contribution in [3.05, 3.63) is 30.1 Å². The number of rotatable bonds is 2. The van der Waals surface area contributed by atoms with E-state index >= 15 is 0 Å². The number of sulfone groups is 1. The molecule has 0 saturated heterocycles. The molecule has 1 aromatic rings. The molecule has 5 heteroatoms. The average Bonchev–Trinajstić information content (AvgIpc) is 2.60. The summed E-state index contributed by atoms with van der Waals surface area (Å²) < 4.78 is 37.6. The van der Waals surface area contributed by atoms with Gasteiger partial charge in [-0.1, -0.05) is 13.0 Å². The maximum atomic E-state index is 13.0. The van der Waals surface area contributed by atoms with Crippen molar-refractivity contribution in [2.75, 3.05) is 0 Å². The van der Waals surface area contributed by atoms with Crippen LogP contribution in [0.5, 0.6) is 0 Å². The molecule has 0 radical (unpaired) electrons. The third-order valence-corrected chi connectivity index (χ3v) is 5.84. The van der Waals surface area contributed by atoms with E-state index in [0.717, 1.165) is 6.07 Å². The second kappa shape index (κ2) is 4.38. The van der Waals surface area contributed by atoms with Crippen LogP contribution in [0.25, 0.3) is 0 Å². The van der Waals surface area contributed by atoms with Crippen LogP contribution in [-0.4, -0.2) is 24.9 Å². The first-order valence-corrected chi connectivity index (χ1v) is 7.15. The zero-order valence-corrected chi connectivity index (χ0v) is 10.3. The quantitative estimate of drug-likeness (QED) is 0.879. The summed E-state index contributed by atoms with van der Waals surface area (Å²) in [6, 6.07) is 5.03. The Hall–Kier alpha value is -0.940. The summed E-state index contributed by atoms with van der Waals surface area (Å²) in [6.07, 6.45) is 0.338. The van der Waals surface area contributed by atoms with Gasteiger partial charge in [-0.05, 0) is 37.0 Å². The minimum atomic E-state index is -3.54. The first kappa shape index (κ1) is 12.5. The van der Waals surface area contributed by atoms with Crippen molar-refractivity contribution in [3.8, 4) is 0 Å². The molecule has 17 heavy (non-hydrogen) atoms. The van der Waals surface area contributed by atoms with Crippen LogP contribution < -0.4 is 0 Å². The minimum Gasteiger partial charge on any atom is -0.393 e. The third-order valence-electron chi connectivity index (χ3n) is 3.46. The summed E-state index contributed by atoms with van der Waals surface area (Å²) >= 11 is 0. The fourth-order valence-electron chi connectivity index (χ4n) is 2.37. The minimum absolute atomic E-state index is 0.00319. The van der Waals surface area contributed by atoms with Crippen molar-refractivity contribution >= 4 is 9.84 Å². The predicted molar refractivity (Wildman–Crippen MR) is 61.8 cm³/mol. The molecule has 1 saturated carbocycles. The Morgan fingerprint density at radius 2 is 2.06 bits per heavy atom. The van der Waals surface area contributed by atoms with Gasteiger partial charge in [0.05, 0.1) is 16.2 Å². The summed E-state index contributed by atoms with van der Waals surface area (Å²) in [5.74, 6) is -0.861. The number of hydrogen-bond acceptors (Lipinski definition) is 3. The standard InChI is InChI=1S/C12H15FO3S/c1-8-11(14)5-6-12(8)17(15,16)10-4-2-3-9(13)7-10/h2-4,7-8,11-12,14H,5-6H2,1H3. The maximum absolute atomic E-state index is 13.0. The highest BCUT2D eigenvalue weighted by Crippen LogP contribution is 2.34. The van der Waals surface area contributed by atoms with Crippen LogP contribution in [0, 0.1) is 11.7 Å². The lowest BCUT2D eigenvalue weighted by Crippen LogP contribution is -2.27. The highest BCUT2D eigenvalue weighted by Gasteiger charge is 2.40. The van der Waals surface area contributed by atoms with Crippen LogP contribution >= 0.6 is 0 Å². The lowest BCUT2D eigenvalue weighted by molar-refractivity contribution is 0.142. The molecular weight excluding hydrogens is 243 g/mol. The van der Waals surface area contributed by atoms with Crippen LogP contribution in [-0.2, 0) is 9.84 Å².